The maximum atomic E-state index is 13.4. The maximum absolute atomic E-state index is 13.4. The highest BCUT2D eigenvalue weighted by atomic mass is 19.4. The summed E-state index contributed by atoms with van der Waals surface area (Å²) in [6.07, 6.45) is -2.54. The lowest BCUT2D eigenvalue weighted by Gasteiger charge is -2.64. The molecule has 2 nitrogen and oxygen atoms in total. The lowest BCUT2D eigenvalue weighted by atomic mass is 9.43. The van der Waals surface area contributed by atoms with E-state index in [2.05, 4.69) is 13.8 Å². The third-order valence-corrected chi connectivity index (χ3v) is 6.44. The summed E-state index contributed by atoms with van der Waals surface area (Å²) in [5, 5.41) is 0. The topological polar surface area (TPSA) is 18.5 Å². The minimum absolute atomic E-state index is 0.0422. The Labute approximate surface area is 131 Å². The Hall–Kier alpha value is -0.225. The molecule has 22 heavy (non-hydrogen) atoms. The van der Waals surface area contributed by atoms with Gasteiger partial charge in [-0.05, 0) is 49.4 Å². The SMILES string of the molecule is CC(C)C[C@@H](B1O[C@@H]2C[C@H]3C[C@H](C3(C)C)[C@]2(C)O1)C(F)(F)F. The van der Waals surface area contributed by atoms with Gasteiger partial charge in [-0.25, -0.2) is 0 Å². The Morgan fingerprint density at radius 1 is 1.18 bits per heavy atom. The zero-order valence-corrected chi connectivity index (χ0v) is 14.0. The zero-order chi connectivity index (χ0) is 16.5. The first kappa shape index (κ1) is 16.6. The number of hydrogen-bond donors (Lipinski definition) is 0. The fraction of sp³-hybridized carbons (Fsp3) is 1.00. The molecule has 4 aliphatic rings. The molecule has 2 bridgehead atoms. The predicted molar refractivity (Wildman–Crippen MR) is 79.4 cm³/mol. The van der Waals surface area contributed by atoms with E-state index in [-0.39, 0.29) is 23.9 Å². The summed E-state index contributed by atoms with van der Waals surface area (Å²) in [5.41, 5.74) is -0.418. The summed E-state index contributed by atoms with van der Waals surface area (Å²) < 4.78 is 52.1. The van der Waals surface area contributed by atoms with E-state index in [4.69, 9.17) is 9.31 Å². The summed E-state index contributed by atoms with van der Waals surface area (Å²) in [5.74, 6) is -0.733. The third-order valence-electron chi connectivity index (χ3n) is 6.44. The largest absolute Gasteiger partial charge is 0.470 e. The molecule has 0 unspecified atom stereocenters. The van der Waals surface area contributed by atoms with Gasteiger partial charge >= 0.3 is 13.3 Å². The van der Waals surface area contributed by atoms with Crippen molar-refractivity contribution in [3.05, 3.63) is 0 Å². The number of hydrogen-bond acceptors (Lipinski definition) is 2. The van der Waals surface area contributed by atoms with Crippen LogP contribution >= 0.6 is 0 Å². The summed E-state index contributed by atoms with van der Waals surface area (Å²) in [7, 11) is -1.15. The minimum Gasteiger partial charge on any atom is -0.405 e. The highest BCUT2D eigenvalue weighted by molar-refractivity contribution is 6.47. The first-order valence-electron chi connectivity index (χ1n) is 8.36. The van der Waals surface area contributed by atoms with Crippen molar-refractivity contribution in [2.75, 3.05) is 0 Å². The van der Waals surface area contributed by atoms with Crippen molar-refractivity contribution in [1.29, 1.82) is 0 Å². The molecule has 0 aromatic rings. The molecule has 4 rings (SSSR count). The normalized spacial score (nSPS) is 41.3. The molecule has 3 saturated carbocycles. The second kappa shape index (κ2) is 4.89. The van der Waals surface area contributed by atoms with Crippen molar-refractivity contribution < 1.29 is 22.5 Å². The summed E-state index contributed by atoms with van der Waals surface area (Å²) >= 11 is 0. The van der Waals surface area contributed by atoms with Crippen molar-refractivity contribution in [2.24, 2.45) is 23.2 Å². The first-order chi connectivity index (χ1) is 9.96. The number of halogens is 3. The van der Waals surface area contributed by atoms with Crippen LogP contribution in [0.15, 0.2) is 0 Å². The van der Waals surface area contributed by atoms with E-state index in [0.29, 0.717) is 11.8 Å². The van der Waals surface area contributed by atoms with Gasteiger partial charge in [0.15, 0.2) is 0 Å². The smallest absolute Gasteiger partial charge is 0.405 e. The van der Waals surface area contributed by atoms with E-state index in [1.807, 2.05) is 20.8 Å². The van der Waals surface area contributed by atoms with Crippen LogP contribution in [0.2, 0.25) is 5.82 Å². The van der Waals surface area contributed by atoms with E-state index >= 15 is 0 Å². The molecular weight excluding hydrogens is 292 g/mol. The van der Waals surface area contributed by atoms with E-state index in [1.54, 1.807) is 0 Å². The minimum atomic E-state index is -4.28. The third kappa shape index (κ3) is 2.32. The molecule has 6 heteroatoms. The van der Waals surface area contributed by atoms with E-state index < -0.39 is 24.7 Å². The molecule has 1 saturated heterocycles. The lowest BCUT2D eigenvalue weighted by Crippen LogP contribution is -2.65. The van der Waals surface area contributed by atoms with Crippen molar-refractivity contribution in [3.63, 3.8) is 0 Å². The van der Waals surface area contributed by atoms with Crippen LogP contribution in [0, 0.1) is 23.2 Å². The molecule has 1 aliphatic heterocycles. The lowest BCUT2D eigenvalue weighted by molar-refractivity contribution is -0.200. The van der Waals surface area contributed by atoms with Gasteiger partial charge in [-0.3, -0.25) is 0 Å². The molecule has 5 atom stereocenters. The Kier molecular flexibility index (Phi) is 3.69. The fourth-order valence-electron chi connectivity index (χ4n) is 4.98. The number of alkyl halides is 3. The molecule has 0 radical (unpaired) electrons. The van der Waals surface area contributed by atoms with Crippen molar-refractivity contribution in [3.8, 4) is 0 Å². The van der Waals surface area contributed by atoms with Crippen molar-refractivity contribution >= 4 is 7.12 Å². The molecule has 0 aromatic heterocycles. The van der Waals surface area contributed by atoms with Crippen LogP contribution in [0.3, 0.4) is 0 Å². The van der Waals surface area contributed by atoms with Crippen LogP contribution in [0.25, 0.3) is 0 Å². The summed E-state index contributed by atoms with van der Waals surface area (Å²) in [6, 6.07) is 0. The Bertz CT molecular complexity index is 451. The average Bonchev–Trinajstić information content (AvgIpc) is 2.70. The second-order valence-electron chi connectivity index (χ2n) is 8.61. The Balaban J connectivity index is 1.81. The van der Waals surface area contributed by atoms with Crippen molar-refractivity contribution in [1.82, 2.24) is 0 Å². The molecule has 3 aliphatic carbocycles. The van der Waals surface area contributed by atoms with Gasteiger partial charge in [0, 0.05) is 0 Å². The van der Waals surface area contributed by atoms with Gasteiger partial charge in [0.25, 0.3) is 0 Å². The van der Waals surface area contributed by atoms with E-state index in [9.17, 15) is 13.2 Å². The van der Waals surface area contributed by atoms with Gasteiger partial charge in [-0.1, -0.05) is 27.7 Å². The Morgan fingerprint density at radius 3 is 2.32 bits per heavy atom. The molecular formula is C16H26BF3O2. The fourth-order valence-corrected chi connectivity index (χ4v) is 4.98. The second-order valence-corrected chi connectivity index (χ2v) is 8.61. The molecule has 0 amide bonds. The molecule has 126 valence electrons. The average molecular weight is 318 g/mol. The predicted octanol–water partition coefficient (Wildman–Crippen LogP) is 4.69. The Morgan fingerprint density at radius 2 is 1.82 bits per heavy atom. The molecule has 0 spiro atoms. The maximum Gasteiger partial charge on any atom is 0.470 e. The highest BCUT2D eigenvalue weighted by Crippen LogP contribution is 2.66. The van der Waals surface area contributed by atoms with Crippen LogP contribution in [-0.2, 0) is 9.31 Å². The standard InChI is InChI=1S/C16H26BF3O2/c1-9(2)6-12(16(18,19)20)17-21-13-8-10-7-11(14(10,3)4)15(13,5)22-17/h9-13H,6-8H2,1-5H3/t10-,11-,12-,13-,15+/m1/s1. The molecule has 1 heterocycles. The van der Waals surface area contributed by atoms with Crippen LogP contribution in [0.4, 0.5) is 13.2 Å². The van der Waals surface area contributed by atoms with Gasteiger partial charge in [-0.15, -0.1) is 0 Å². The zero-order valence-electron chi connectivity index (χ0n) is 14.0. The van der Waals surface area contributed by atoms with Crippen molar-refractivity contribution in [2.45, 2.75) is 77.6 Å². The molecule has 0 N–H and O–H groups in total. The quantitative estimate of drug-likeness (QED) is 0.703. The first-order valence-corrected chi connectivity index (χ1v) is 8.36. The summed E-state index contributed by atoms with van der Waals surface area (Å²) in [4.78, 5) is 0. The van der Waals surface area contributed by atoms with Crippen LogP contribution in [-0.4, -0.2) is 25.0 Å². The van der Waals surface area contributed by atoms with Gasteiger partial charge in [-0.2, -0.15) is 13.2 Å². The van der Waals surface area contributed by atoms with Gasteiger partial charge in [0.05, 0.1) is 17.5 Å². The van der Waals surface area contributed by atoms with E-state index in [0.717, 1.165) is 12.8 Å². The number of rotatable bonds is 3. The van der Waals surface area contributed by atoms with Gasteiger partial charge in [0.1, 0.15) is 0 Å². The van der Waals surface area contributed by atoms with Gasteiger partial charge in [0.2, 0.25) is 0 Å². The monoisotopic (exact) mass is 318 g/mol. The highest BCUT2D eigenvalue weighted by Gasteiger charge is 2.69. The molecule has 0 aromatic carbocycles. The molecule has 4 fully saturated rings. The van der Waals surface area contributed by atoms with Crippen LogP contribution in [0.5, 0.6) is 0 Å². The van der Waals surface area contributed by atoms with E-state index in [1.165, 1.54) is 0 Å². The van der Waals surface area contributed by atoms with Gasteiger partial charge < -0.3 is 9.31 Å². The summed E-state index contributed by atoms with van der Waals surface area (Å²) in [6.45, 7) is 9.99. The van der Waals surface area contributed by atoms with Crippen LogP contribution in [0.1, 0.15) is 53.9 Å². The van der Waals surface area contributed by atoms with Crippen LogP contribution < -0.4 is 0 Å².